The van der Waals surface area contributed by atoms with E-state index in [1.807, 2.05) is 47.9 Å². The van der Waals surface area contributed by atoms with Gasteiger partial charge in [-0.3, -0.25) is 34.1 Å². The number of benzene rings is 2. The number of nitrogens with zero attached hydrogens (tertiary/aromatic N) is 5. The van der Waals surface area contributed by atoms with Crippen molar-refractivity contribution in [3.05, 3.63) is 86.3 Å². The average Bonchev–Trinajstić information content (AvgIpc) is 3.63. The van der Waals surface area contributed by atoms with E-state index >= 15 is 0 Å². The summed E-state index contributed by atoms with van der Waals surface area (Å²) in [4.78, 5) is 58.8. The van der Waals surface area contributed by atoms with Crippen LogP contribution in [0.4, 0.5) is 5.69 Å². The van der Waals surface area contributed by atoms with Gasteiger partial charge >= 0.3 is 0 Å². The van der Waals surface area contributed by atoms with Crippen LogP contribution < -0.4 is 25.6 Å². The number of thiophene rings is 1. The van der Waals surface area contributed by atoms with Gasteiger partial charge in [-0.05, 0) is 75.8 Å². The second-order valence-electron chi connectivity index (χ2n) is 13.7. The van der Waals surface area contributed by atoms with Gasteiger partial charge in [0.25, 0.3) is 5.91 Å². The molecule has 7 rings (SSSR count). The predicted molar refractivity (Wildman–Crippen MR) is 202 cm³/mol. The standard InChI is InChI=1S/C38H41ClN8O5S/c1-20-21(2)53-38-33(20)34(24-5-7-25(39)8-6-24)41-29(35-45-44-22(3)47(35)38)18-32(49)40-19-23-13-15-46(16-14-23)26-9-10-27(30(17-26)52-4)36(50)42-28-11-12-31(48)43-37(28)51/h5-10,17,23,28-29H,11-16,18-19H2,1-4H3,(H,40,49)(H,42,50)(H,43,48,51). The molecule has 2 saturated heterocycles. The third-order valence-electron chi connectivity index (χ3n) is 10.3. The highest BCUT2D eigenvalue weighted by Crippen LogP contribution is 2.39. The maximum atomic E-state index is 13.6. The Morgan fingerprint density at radius 3 is 2.51 bits per heavy atom. The third-order valence-corrected chi connectivity index (χ3v) is 11.7. The fourth-order valence-corrected chi connectivity index (χ4v) is 8.51. The van der Waals surface area contributed by atoms with Crippen molar-refractivity contribution < 1.29 is 23.9 Å². The maximum absolute atomic E-state index is 13.6. The van der Waals surface area contributed by atoms with Gasteiger partial charge in [-0.2, -0.15) is 0 Å². The van der Waals surface area contributed by atoms with Gasteiger partial charge in [-0.1, -0.05) is 23.7 Å². The summed E-state index contributed by atoms with van der Waals surface area (Å²) in [6.07, 6.45) is 2.30. The number of aliphatic imine (C=N–C) groups is 1. The van der Waals surface area contributed by atoms with Gasteiger partial charge in [-0.25, -0.2) is 0 Å². The highest BCUT2D eigenvalue weighted by Gasteiger charge is 2.33. The molecule has 2 unspecified atom stereocenters. The zero-order valence-electron chi connectivity index (χ0n) is 30.0. The summed E-state index contributed by atoms with van der Waals surface area (Å²) in [5.74, 6) is 0.693. The molecule has 0 radical (unpaired) electrons. The number of piperidine rings is 2. The second kappa shape index (κ2) is 15.1. The zero-order valence-corrected chi connectivity index (χ0v) is 31.6. The van der Waals surface area contributed by atoms with Crippen LogP contribution in [0.25, 0.3) is 5.00 Å². The molecular formula is C38H41ClN8O5S. The number of imide groups is 1. The molecule has 0 saturated carbocycles. The van der Waals surface area contributed by atoms with E-state index < -0.39 is 23.9 Å². The Labute approximate surface area is 316 Å². The summed E-state index contributed by atoms with van der Waals surface area (Å²) in [5.41, 5.74) is 5.13. The molecule has 2 fully saturated rings. The Bertz CT molecular complexity index is 2120. The lowest BCUT2D eigenvalue weighted by molar-refractivity contribution is -0.134. The van der Waals surface area contributed by atoms with E-state index in [0.717, 1.165) is 64.8 Å². The zero-order chi connectivity index (χ0) is 37.4. The monoisotopic (exact) mass is 756 g/mol. The first-order chi connectivity index (χ1) is 25.5. The number of rotatable bonds is 9. The van der Waals surface area contributed by atoms with Crippen LogP contribution >= 0.6 is 22.9 Å². The Balaban J connectivity index is 0.987. The van der Waals surface area contributed by atoms with Crippen LogP contribution in [0.5, 0.6) is 5.75 Å². The van der Waals surface area contributed by atoms with E-state index in [9.17, 15) is 19.2 Å². The summed E-state index contributed by atoms with van der Waals surface area (Å²) < 4.78 is 7.61. The van der Waals surface area contributed by atoms with Gasteiger partial charge in [0.2, 0.25) is 17.7 Å². The van der Waals surface area contributed by atoms with Gasteiger partial charge in [0.15, 0.2) is 5.82 Å². The second-order valence-corrected chi connectivity index (χ2v) is 15.3. The van der Waals surface area contributed by atoms with E-state index in [-0.39, 0.29) is 31.1 Å². The number of ether oxygens (including phenoxy) is 1. The Morgan fingerprint density at radius 2 is 1.79 bits per heavy atom. The molecule has 2 atom stereocenters. The number of aryl methyl sites for hydroxylation is 2. The molecule has 3 N–H and O–H groups in total. The molecular weight excluding hydrogens is 716 g/mol. The Morgan fingerprint density at radius 1 is 1.04 bits per heavy atom. The van der Waals surface area contributed by atoms with Crippen molar-refractivity contribution in [2.75, 3.05) is 31.6 Å². The molecule has 3 aliphatic rings. The largest absolute Gasteiger partial charge is 0.496 e. The van der Waals surface area contributed by atoms with Crippen molar-refractivity contribution in [2.45, 2.75) is 65.0 Å². The number of hydrogen-bond donors (Lipinski definition) is 3. The average molecular weight is 757 g/mol. The van der Waals surface area contributed by atoms with Crippen molar-refractivity contribution >= 4 is 58.0 Å². The lowest BCUT2D eigenvalue weighted by Crippen LogP contribution is -2.52. The summed E-state index contributed by atoms with van der Waals surface area (Å²) in [7, 11) is 1.50. The van der Waals surface area contributed by atoms with Crippen molar-refractivity contribution in [3.8, 4) is 10.8 Å². The van der Waals surface area contributed by atoms with Gasteiger partial charge in [0, 0.05) is 58.8 Å². The van der Waals surface area contributed by atoms with Crippen molar-refractivity contribution in [3.63, 3.8) is 0 Å². The van der Waals surface area contributed by atoms with E-state index in [1.54, 1.807) is 17.4 Å². The van der Waals surface area contributed by atoms with Crippen molar-refractivity contribution in [1.29, 1.82) is 0 Å². The molecule has 13 nitrogen and oxygen atoms in total. The minimum Gasteiger partial charge on any atom is -0.496 e. The molecule has 15 heteroatoms. The van der Waals surface area contributed by atoms with Crippen LogP contribution in [0.2, 0.25) is 5.02 Å². The molecule has 0 aliphatic carbocycles. The Hall–Kier alpha value is -5.08. The smallest absolute Gasteiger partial charge is 0.255 e. The van der Waals surface area contributed by atoms with Crippen LogP contribution in [0.3, 0.4) is 0 Å². The van der Waals surface area contributed by atoms with Crippen LogP contribution in [0, 0.1) is 26.7 Å². The van der Waals surface area contributed by atoms with Crippen molar-refractivity contribution in [2.24, 2.45) is 10.9 Å². The van der Waals surface area contributed by atoms with Crippen LogP contribution in [0.1, 0.15) is 81.7 Å². The predicted octanol–water partition coefficient (Wildman–Crippen LogP) is 4.77. The molecule has 5 heterocycles. The number of amides is 4. The van der Waals surface area contributed by atoms with Gasteiger partial charge in [-0.15, -0.1) is 21.5 Å². The summed E-state index contributed by atoms with van der Waals surface area (Å²) in [6.45, 7) is 8.22. The normalized spacial score (nSPS) is 18.7. The van der Waals surface area contributed by atoms with E-state index in [1.165, 1.54) is 12.0 Å². The van der Waals surface area contributed by atoms with E-state index in [2.05, 4.69) is 44.9 Å². The number of carbonyl (C=O) groups excluding carboxylic acids is 4. The number of nitrogens with one attached hydrogen (secondary N) is 3. The fraction of sp³-hybridized carbons (Fsp3) is 0.395. The number of aromatic nitrogens is 3. The molecule has 2 aromatic heterocycles. The highest BCUT2D eigenvalue weighted by atomic mass is 35.5. The SMILES string of the molecule is COc1cc(N2CCC(CNC(=O)CC3N=C(c4ccc(Cl)cc4)c4c(sc(C)c4C)-n4c(C)nnc43)CC2)ccc1C(=O)NC1CCC(=O)NC1=O. The number of anilines is 1. The molecule has 53 heavy (non-hydrogen) atoms. The number of hydrogen-bond acceptors (Lipinski definition) is 10. The lowest BCUT2D eigenvalue weighted by atomic mass is 9.96. The van der Waals surface area contributed by atoms with Crippen molar-refractivity contribution in [1.82, 2.24) is 30.7 Å². The number of carbonyl (C=O) groups is 4. The lowest BCUT2D eigenvalue weighted by Gasteiger charge is -2.34. The summed E-state index contributed by atoms with van der Waals surface area (Å²) in [6, 6.07) is 11.7. The van der Waals surface area contributed by atoms with Gasteiger partial charge in [0.1, 0.15) is 28.7 Å². The summed E-state index contributed by atoms with van der Waals surface area (Å²) in [5, 5.41) is 18.7. The first-order valence-corrected chi connectivity index (χ1v) is 18.9. The molecule has 0 spiro atoms. The fourth-order valence-electron chi connectivity index (χ4n) is 7.17. The van der Waals surface area contributed by atoms with Crippen LogP contribution in [-0.4, -0.2) is 76.9 Å². The van der Waals surface area contributed by atoms with Crippen LogP contribution in [-0.2, 0) is 14.4 Å². The van der Waals surface area contributed by atoms with Crippen LogP contribution in [0.15, 0.2) is 47.5 Å². The molecule has 2 aromatic carbocycles. The van der Waals surface area contributed by atoms with E-state index in [4.69, 9.17) is 21.3 Å². The first-order valence-electron chi connectivity index (χ1n) is 17.7. The molecule has 0 bridgehead atoms. The minimum absolute atomic E-state index is 0.0992. The molecule has 3 aliphatic heterocycles. The number of halogens is 1. The highest BCUT2D eigenvalue weighted by molar-refractivity contribution is 7.15. The molecule has 276 valence electrons. The van der Waals surface area contributed by atoms with E-state index in [0.29, 0.717) is 34.6 Å². The minimum atomic E-state index is -0.775. The number of methoxy groups -OCH3 is 1. The maximum Gasteiger partial charge on any atom is 0.255 e. The molecule has 4 amide bonds. The van der Waals surface area contributed by atoms with Gasteiger partial charge in [0.05, 0.1) is 24.8 Å². The van der Waals surface area contributed by atoms with Gasteiger partial charge < -0.3 is 20.3 Å². The quantitative estimate of drug-likeness (QED) is 0.206. The summed E-state index contributed by atoms with van der Waals surface area (Å²) >= 11 is 7.92. The number of fused-ring (bicyclic) bond motifs is 3. The first kappa shape index (κ1) is 36.3. The molecule has 4 aromatic rings. The Kier molecular flexibility index (Phi) is 10.3. The third kappa shape index (κ3) is 7.42. The topological polar surface area (TPSA) is 160 Å².